The summed E-state index contributed by atoms with van der Waals surface area (Å²) in [6, 6.07) is 0. The summed E-state index contributed by atoms with van der Waals surface area (Å²) in [5.74, 6) is 0.415. The molecular formula is C7H17NOS. The molecule has 0 fully saturated rings. The molecule has 62 valence electrons. The molecule has 2 unspecified atom stereocenters. The fourth-order valence-electron chi connectivity index (χ4n) is 0.690. The van der Waals surface area contributed by atoms with Gasteiger partial charge < -0.3 is 4.55 Å². The van der Waals surface area contributed by atoms with Crippen LogP contribution in [0.4, 0.5) is 0 Å². The van der Waals surface area contributed by atoms with Crippen LogP contribution in [0.25, 0.3) is 0 Å². The number of hydrogen-bond acceptors (Lipinski definition) is 2. The molecule has 2 N–H and O–H groups in total. The van der Waals surface area contributed by atoms with Gasteiger partial charge in [0.15, 0.2) is 0 Å². The van der Waals surface area contributed by atoms with E-state index in [1.54, 1.807) is 0 Å². The van der Waals surface area contributed by atoms with Gasteiger partial charge in [0.1, 0.15) is 4.75 Å². The summed E-state index contributed by atoms with van der Waals surface area (Å²) in [4.78, 5) is 0. The van der Waals surface area contributed by atoms with Crippen LogP contribution in [0.15, 0.2) is 0 Å². The Kier molecular flexibility index (Phi) is 3.70. The molecule has 0 amide bonds. The number of hydrogen-bond donors (Lipinski definition) is 1. The van der Waals surface area contributed by atoms with E-state index in [9.17, 15) is 4.55 Å². The van der Waals surface area contributed by atoms with E-state index in [-0.39, 0.29) is 4.75 Å². The van der Waals surface area contributed by atoms with Gasteiger partial charge in [-0.15, -0.1) is 0 Å². The van der Waals surface area contributed by atoms with E-state index in [0.29, 0.717) is 5.92 Å². The number of nitrogens with two attached hydrogens (primary N) is 1. The zero-order valence-electron chi connectivity index (χ0n) is 7.18. The molecule has 0 radical (unpaired) electrons. The van der Waals surface area contributed by atoms with Gasteiger partial charge in [-0.05, 0) is 20.3 Å². The van der Waals surface area contributed by atoms with Crippen LogP contribution in [0.1, 0.15) is 34.1 Å². The molecule has 0 aromatic rings. The van der Waals surface area contributed by atoms with Crippen molar-refractivity contribution in [3.63, 3.8) is 0 Å². The van der Waals surface area contributed by atoms with E-state index < -0.39 is 11.4 Å². The zero-order chi connectivity index (χ0) is 8.36. The standard InChI is InChI=1S/C7H17NOS/c1-5-6(2)7(3,4)10(8)9/h6H,5,8H2,1-4H3. The van der Waals surface area contributed by atoms with Crippen molar-refractivity contribution >= 4 is 11.4 Å². The maximum atomic E-state index is 11.0. The number of rotatable bonds is 3. The van der Waals surface area contributed by atoms with Crippen molar-refractivity contribution in [2.75, 3.05) is 0 Å². The highest BCUT2D eigenvalue weighted by atomic mass is 32.2. The summed E-state index contributed by atoms with van der Waals surface area (Å²) >= 11 is -1.21. The largest absolute Gasteiger partial charge is 0.598 e. The summed E-state index contributed by atoms with van der Waals surface area (Å²) < 4.78 is 10.7. The predicted octanol–water partition coefficient (Wildman–Crippen LogP) is 1.43. The molecule has 0 rings (SSSR count). The lowest BCUT2D eigenvalue weighted by atomic mass is 9.95. The zero-order valence-corrected chi connectivity index (χ0v) is 7.99. The van der Waals surface area contributed by atoms with Crippen LogP contribution in [0.2, 0.25) is 0 Å². The van der Waals surface area contributed by atoms with Crippen molar-refractivity contribution in [2.45, 2.75) is 38.9 Å². The van der Waals surface area contributed by atoms with Gasteiger partial charge in [0.05, 0.1) is 0 Å². The first-order chi connectivity index (χ1) is 4.42. The third-order valence-electron chi connectivity index (χ3n) is 2.32. The lowest BCUT2D eigenvalue weighted by molar-refractivity contribution is 0.415. The van der Waals surface area contributed by atoms with E-state index in [4.69, 9.17) is 5.14 Å². The van der Waals surface area contributed by atoms with Gasteiger partial charge in [0, 0.05) is 17.3 Å². The van der Waals surface area contributed by atoms with Crippen LogP contribution in [0.5, 0.6) is 0 Å². The van der Waals surface area contributed by atoms with Gasteiger partial charge in [0.25, 0.3) is 0 Å². The Morgan fingerprint density at radius 3 is 2.10 bits per heavy atom. The molecule has 10 heavy (non-hydrogen) atoms. The normalized spacial score (nSPS) is 18.6. The molecule has 0 bridgehead atoms. The molecular weight excluding hydrogens is 146 g/mol. The predicted molar refractivity (Wildman–Crippen MR) is 45.9 cm³/mol. The first-order valence-electron chi connectivity index (χ1n) is 3.59. The van der Waals surface area contributed by atoms with Gasteiger partial charge in [-0.1, -0.05) is 13.8 Å². The monoisotopic (exact) mass is 163 g/mol. The summed E-state index contributed by atoms with van der Waals surface area (Å²) in [5.41, 5.74) is 0. The highest BCUT2D eigenvalue weighted by molar-refractivity contribution is 7.90. The van der Waals surface area contributed by atoms with Gasteiger partial charge in [-0.3, -0.25) is 0 Å². The Balaban J connectivity index is 4.09. The second-order valence-electron chi connectivity index (χ2n) is 3.21. The van der Waals surface area contributed by atoms with E-state index in [0.717, 1.165) is 6.42 Å². The summed E-state index contributed by atoms with van der Waals surface area (Å²) in [6.07, 6.45) is 1.02. The third kappa shape index (κ3) is 2.15. The molecule has 0 aromatic carbocycles. The Hall–Kier alpha value is 0.270. The molecule has 0 aliphatic rings. The van der Waals surface area contributed by atoms with Gasteiger partial charge >= 0.3 is 0 Å². The average molecular weight is 163 g/mol. The molecule has 0 heterocycles. The van der Waals surface area contributed by atoms with Crippen molar-refractivity contribution in [1.82, 2.24) is 0 Å². The highest BCUT2D eigenvalue weighted by Gasteiger charge is 2.35. The lowest BCUT2D eigenvalue weighted by Gasteiger charge is -2.29. The van der Waals surface area contributed by atoms with Crippen LogP contribution in [0, 0.1) is 5.92 Å². The highest BCUT2D eigenvalue weighted by Crippen LogP contribution is 2.25. The van der Waals surface area contributed by atoms with Crippen molar-refractivity contribution in [1.29, 1.82) is 0 Å². The third-order valence-corrected chi connectivity index (χ3v) is 3.76. The SMILES string of the molecule is CCC(C)C(C)(C)[S+](N)[O-]. The minimum Gasteiger partial charge on any atom is -0.598 e. The molecule has 0 aromatic heterocycles. The molecule has 2 atom stereocenters. The molecule has 2 nitrogen and oxygen atoms in total. The van der Waals surface area contributed by atoms with E-state index >= 15 is 0 Å². The first-order valence-corrected chi connectivity index (χ1v) is 4.80. The Labute approximate surface area is 66.5 Å². The van der Waals surface area contributed by atoms with E-state index in [1.807, 2.05) is 13.8 Å². The van der Waals surface area contributed by atoms with Crippen molar-refractivity contribution in [3.05, 3.63) is 0 Å². The summed E-state index contributed by atoms with van der Waals surface area (Å²) in [5, 5.41) is 5.32. The average Bonchev–Trinajstić information content (AvgIpc) is 1.86. The van der Waals surface area contributed by atoms with Crippen LogP contribution in [-0.2, 0) is 11.4 Å². The molecule has 0 aliphatic carbocycles. The minimum absolute atomic E-state index is 0.241. The fraction of sp³-hybridized carbons (Fsp3) is 1.00. The smallest absolute Gasteiger partial charge is 0.141 e. The molecule has 0 aliphatic heterocycles. The quantitative estimate of drug-likeness (QED) is 0.640. The molecule has 0 spiro atoms. The molecule has 0 saturated heterocycles. The Morgan fingerprint density at radius 1 is 1.60 bits per heavy atom. The van der Waals surface area contributed by atoms with Crippen molar-refractivity contribution < 1.29 is 4.55 Å². The fourth-order valence-corrected chi connectivity index (χ4v) is 1.25. The maximum absolute atomic E-state index is 11.0. The van der Waals surface area contributed by atoms with Crippen LogP contribution < -0.4 is 5.14 Å². The topological polar surface area (TPSA) is 49.1 Å². The van der Waals surface area contributed by atoms with Crippen LogP contribution >= 0.6 is 0 Å². The summed E-state index contributed by atoms with van der Waals surface area (Å²) in [6.45, 7) is 8.04. The summed E-state index contributed by atoms with van der Waals surface area (Å²) in [7, 11) is 0. The van der Waals surface area contributed by atoms with Crippen LogP contribution in [-0.4, -0.2) is 9.30 Å². The minimum atomic E-state index is -1.21. The van der Waals surface area contributed by atoms with Crippen molar-refractivity contribution in [2.24, 2.45) is 11.1 Å². The Morgan fingerprint density at radius 2 is 2.00 bits per heavy atom. The maximum Gasteiger partial charge on any atom is 0.141 e. The Bertz CT molecular complexity index is 104. The van der Waals surface area contributed by atoms with E-state index in [2.05, 4.69) is 13.8 Å². The van der Waals surface area contributed by atoms with Crippen molar-refractivity contribution in [3.8, 4) is 0 Å². The lowest BCUT2D eigenvalue weighted by Crippen LogP contribution is -2.42. The first kappa shape index (κ1) is 10.3. The van der Waals surface area contributed by atoms with Crippen LogP contribution in [0.3, 0.4) is 0 Å². The van der Waals surface area contributed by atoms with Gasteiger partial charge in [-0.25, -0.2) is 0 Å². The van der Waals surface area contributed by atoms with Gasteiger partial charge in [-0.2, -0.15) is 5.14 Å². The molecule has 0 saturated carbocycles. The van der Waals surface area contributed by atoms with Gasteiger partial charge in [0.2, 0.25) is 0 Å². The second-order valence-corrected chi connectivity index (χ2v) is 4.86. The molecule has 3 heteroatoms. The van der Waals surface area contributed by atoms with E-state index in [1.165, 1.54) is 0 Å². The second kappa shape index (κ2) is 3.60.